The maximum Gasteiger partial charge on any atom is 0.223 e. The highest BCUT2D eigenvalue weighted by atomic mass is 16.5. The molecule has 7 nitrogen and oxygen atoms in total. The van der Waals surface area contributed by atoms with Crippen LogP contribution in [0.3, 0.4) is 0 Å². The van der Waals surface area contributed by atoms with Crippen molar-refractivity contribution >= 4 is 23.1 Å². The van der Waals surface area contributed by atoms with Gasteiger partial charge in [0.15, 0.2) is 0 Å². The Balaban J connectivity index is 1.16. The lowest BCUT2D eigenvalue weighted by atomic mass is 10.0. The molecule has 0 spiro atoms. The van der Waals surface area contributed by atoms with Crippen LogP contribution < -0.4 is 14.5 Å². The molecule has 0 radical (unpaired) electrons. The number of benzene rings is 2. The number of rotatable bonds is 12. The molecular weight excluding hydrogens is 500 g/mol. The molecular formula is C33H42N4O3. The summed E-state index contributed by atoms with van der Waals surface area (Å²) in [5.74, 6) is 0.837. The van der Waals surface area contributed by atoms with Crippen molar-refractivity contribution in [2.24, 2.45) is 0 Å². The van der Waals surface area contributed by atoms with Crippen LogP contribution in [-0.4, -0.2) is 69.0 Å². The number of carbonyl (C=O) groups excluding carboxylic acids is 2. The molecule has 1 aliphatic heterocycles. The Kier molecular flexibility index (Phi) is 10.2. The molecule has 7 heteroatoms. The van der Waals surface area contributed by atoms with Crippen molar-refractivity contribution in [2.75, 3.05) is 51.1 Å². The molecule has 1 aliphatic rings. The summed E-state index contributed by atoms with van der Waals surface area (Å²) in [7, 11) is 8.10. The minimum Gasteiger partial charge on any atom is -0.474 e. The normalized spacial score (nSPS) is 13.7. The second-order valence-corrected chi connectivity index (χ2v) is 11.0. The van der Waals surface area contributed by atoms with Crippen molar-refractivity contribution in [1.29, 1.82) is 0 Å². The predicted octanol–water partition coefficient (Wildman–Crippen LogP) is 5.62. The number of carbonyl (C=O) groups is 2. The van der Waals surface area contributed by atoms with Crippen LogP contribution in [0, 0.1) is 0 Å². The van der Waals surface area contributed by atoms with Crippen LogP contribution in [0.2, 0.25) is 0 Å². The van der Waals surface area contributed by atoms with E-state index in [9.17, 15) is 9.59 Å². The monoisotopic (exact) mass is 542 g/mol. The molecule has 4 rings (SSSR count). The number of Topliss-reactive ketones (excluding diaryl/α,β-unsaturated/α-hetero) is 1. The molecule has 3 aromatic rings. The zero-order valence-electron chi connectivity index (χ0n) is 24.3. The molecule has 2 heterocycles. The van der Waals surface area contributed by atoms with E-state index in [2.05, 4.69) is 63.3 Å². The first-order valence-electron chi connectivity index (χ1n) is 14.2. The number of aryl methyl sites for hydroxylation is 1. The van der Waals surface area contributed by atoms with Gasteiger partial charge in [0.2, 0.25) is 11.8 Å². The number of hydrogen-bond acceptors (Lipinski definition) is 6. The van der Waals surface area contributed by atoms with Crippen LogP contribution >= 0.6 is 0 Å². The van der Waals surface area contributed by atoms with E-state index in [1.807, 2.05) is 45.2 Å². The van der Waals surface area contributed by atoms with E-state index in [-0.39, 0.29) is 24.2 Å². The van der Waals surface area contributed by atoms with Gasteiger partial charge < -0.3 is 19.4 Å². The summed E-state index contributed by atoms with van der Waals surface area (Å²) in [5, 5.41) is 0. The SMILES string of the molecule is CN(C)c1ccc(CCCC(=O)CCC(=O)N2CCC(Oc3cc(-c4ccc(N(C)C)cc4)ccn3)CC2)cc1. The van der Waals surface area contributed by atoms with Gasteiger partial charge in [0.05, 0.1) is 0 Å². The Morgan fingerprint density at radius 2 is 1.45 bits per heavy atom. The number of anilines is 2. The maximum absolute atomic E-state index is 12.7. The third-order valence-corrected chi connectivity index (χ3v) is 7.53. The van der Waals surface area contributed by atoms with Gasteiger partial charge in [-0.1, -0.05) is 24.3 Å². The smallest absolute Gasteiger partial charge is 0.223 e. The Labute approximate surface area is 238 Å². The fourth-order valence-corrected chi connectivity index (χ4v) is 4.98. The minimum absolute atomic E-state index is 0.0244. The van der Waals surface area contributed by atoms with E-state index in [0.29, 0.717) is 31.8 Å². The molecule has 0 aliphatic carbocycles. The molecule has 2 aromatic carbocycles. The first-order chi connectivity index (χ1) is 19.3. The zero-order valence-corrected chi connectivity index (χ0v) is 24.3. The summed E-state index contributed by atoms with van der Waals surface area (Å²) < 4.78 is 6.19. The summed E-state index contributed by atoms with van der Waals surface area (Å²) in [5.41, 5.74) is 5.74. The van der Waals surface area contributed by atoms with Crippen LogP contribution in [0.25, 0.3) is 11.1 Å². The number of piperidine rings is 1. The fourth-order valence-electron chi connectivity index (χ4n) is 4.98. The van der Waals surface area contributed by atoms with E-state index >= 15 is 0 Å². The highest BCUT2D eigenvalue weighted by molar-refractivity contribution is 5.85. The van der Waals surface area contributed by atoms with E-state index in [0.717, 1.165) is 42.5 Å². The fraction of sp³-hybridized carbons (Fsp3) is 0.424. The number of aromatic nitrogens is 1. The molecule has 0 N–H and O–H groups in total. The van der Waals surface area contributed by atoms with Gasteiger partial charge in [0, 0.05) is 97.0 Å². The lowest BCUT2D eigenvalue weighted by Gasteiger charge is -2.32. The van der Waals surface area contributed by atoms with Gasteiger partial charge in [0.25, 0.3) is 0 Å². The molecule has 212 valence electrons. The second-order valence-electron chi connectivity index (χ2n) is 11.0. The largest absolute Gasteiger partial charge is 0.474 e. The second kappa shape index (κ2) is 14.0. The van der Waals surface area contributed by atoms with E-state index in [4.69, 9.17) is 4.74 Å². The average Bonchev–Trinajstić information content (AvgIpc) is 2.97. The first-order valence-corrected chi connectivity index (χ1v) is 14.2. The van der Waals surface area contributed by atoms with Gasteiger partial charge in [-0.05, 0) is 59.9 Å². The van der Waals surface area contributed by atoms with Crippen LogP contribution in [0.1, 0.15) is 44.1 Å². The lowest BCUT2D eigenvalue weighted by Crippen LogP contribution is -2.41. The number of ketones is 1. The Hall–Kier alpha value is -3.87. The molecule has 0 atom stereocenters. The molecule has 1 amide bonds. The molecule has 40 heavy (non-hydrogen) atoms. The molecule has 1 aromatic heterocycles. The predicted molar refractivity (Wildman–Crippen MR) is 162 cm³/mol. The van der Waals surface area contributed by atoms with Gasteiger partial charge >= 0.3 is 0 Å². The first kappa shape index (κ1) is 29.1. The van der Waals surface area contributed by atoms with E-state index in [1.165, 1.54) is 11.3 Å². The minimum atomic E-state index is 0.0244. The molecule has 0 saturated carbocycles. The Morgan fingerprint density at radius 3 is 2.08 bits per heavy atom. The molecule has 0 bridgehead atoms. The van der Waals surface area contributed by atoms with E-state index in [1.54, 1.807) is 6.20 Å². The summed E-state index contributed by atoms with van der Waals surface area (Å²) in [6.07, 6.45) is 6.14. The number of amides is 1. The van der Waals surface area contributed by atoms with Crippen molar-refractivity contribution in [3.8, 4) is 17.0 Å². The lowest BCUT2D eigenvalue weighted by molar-refractivity contribution is -0.134. The number of pyridine rings is 1. The summed E-state index contributed by atoms with van der Waals surface area (Å²) in [6, 6.07) is 20.8. The highest BCUT2D eigenvalue weighted by Gasteiger charge is 2.24. The van der Waals surface area contributed by atoms with Gasteiger partial charge in [0.1, 0.15) is 11.9 Å². The quantitative estimate of drug-likeness (QED) is 0.296. The molecule has 1 saturated heterocycles. The number of hydrogen-bond donors (Lipinski definition) is 0. The average molecular weight is 543 g/mol. The third-order valence-electron chi connectivity index (χ3n) is 7.53. The Bertz CT molecular complexity index is 1250. The number of likely N-dealkylation sites (tertiary alicyclic amines) is 1. The summed E-state index contributed by atoms with van der Waals surface area (Å²) in [6.45, 7) is 1.29. The van der Waals surface area contributed by atoms with Crippen LogP contribution in [-0.2, 0) is 16.0 Å². The van der Waals surface area contributed by atoms with E-state index < -0.39 is 0 Å². The number of nitrogens with zero attached hydrogens (tertiary/aromatic N) is 4. The third kappa shape index (κ3) is 8.31. The maximum atomic E-state index is 12.7. The Morgan fingerprint density at radius 1 is 0.825 bits per heavy atom. The zero-order chi connectivity index (χ0) is 28.5. The van der Waals surface area contributed by atoms with Gasteiger partial charge in [-0.15, -0.1) is 0 Å². The molecule has 1 fully saturated rings. The van der Waals surface area contributed by atoms with Crippen molar-refractivity contribution in [3.63, 3.8) is 0 Å². The summed E-state index contributed by atoms with van der Waals surface area (Å²) >= 11 is 0. The standard InChI is InChI=1S/C33H42N4O3/c1-35(2)28-12-8-25(9-13-28)6-5-7-30(38)16-17-33(39)37-22-19-31(20-23-37)40-32-24-27(18-21-34-32)26-10-14-29(15-11-26)36(3)4/h8-15,18,21,24,31H,5-7,16-17,19-20,22-23H2,1-4H3. The molecule has 0 unspecified atom stereocenters. The van der Waals surface area contributed by atoms with Crippen LogP contribution in [0.5, 0.6) is 5.88 Å². The number of ether oxygens (including phenoxy) is 1. The topological polar surface area (TPSA) is 66.0 Å². The van der Waals surface area contributed by atoms with Gasteiger partial charge in [-0.25, -0.2) is 4.98 Å². The van der Waals surface area contributed by atoms with Crippen LogP contribution in [0.4, 0.5) is 11.4 Å². The van der Waals surface area contributed by atoms with Crippen molar-refractivity contribution in [2.45, 2.75) is 51.0 Å². The summed E-state index contributed by atoms with van der Waals surface area (Å²) in [4.78, 5) is 35.6. The van der Waals surface area contributed by atoms with Crippen molar-refractivity contribution < 1.29 is 14.3 Å². The van der Waals surface area contributed by atoms with Crippen molar-refractivity contribution in [3.05, 3.63) is 72.4 Å². The van der Waals surface area contributed by atoms with Crippen molar-refractivity contribution in [1.82, 2.24) is 9.88 Å². The van der Waals surface area contributed by atoms with Gasteiger partial charge in [-0.2, -0.15) is 0 Å². The van der Waals surface area contributed by atoms with Gasteiger partial charge in [-0.3, -0.25) is 9.59 Å². The van der Waals surface area contributed by atoms with Crippen LogP contribution in [0.15, 0.2) is 66.9 Å². The highest BCUT2D eigenvalue weighted by Crippen LogP contribution is 2.26.